The molecular formula is C16H26N2O2. The molecule has 0 aromatic rings. The van der Waals surface area contributed by atoms with Crippen molar-refractivity contribution in [3.63, 3.8) is 0 Å². The molecule has 1 saturated heterocycles. The third-order valence-electron chi connectivity index (χ3n) is 6.01. The second-order valence-corrected chi connectivity index (χ2v) is 7.09. The molecule has 0 aromatic carbocycles. The van der Waals surface area contributed by atoms with Crippen molar-refractivity contribution in [1.82, 2.24) is 10.2 Å². The van der Waals surface area contributed by atoms with Crippen molar-refractivity contribution in [2.75, 3.05) is 6.54 Å². The van der Waals surface area contributed by atoms with Gasteiger partial charge in [-0.25, -0.2) is 0 Å². The normalized spacial score (nSPS) is 31.3. The van der Waals surface area contributed by atoms with E-state index in [4.69, 9.17) is 0 Å². The highest BCUT2D eigenvalue weighted by atomic mass is 16.2. The van der Waals surface area contributed by atoms with Gasteiger partial charge in [-0.3, -0.25) is 9.59 Å². The summed E-state index contributed by atoms with van der Waals surface area (Å²) in [7, 11) is 0. The Morgan fingerprint density at radius 1 is 1.15 bits per heavy atom. The number of hydrogen-bond acceptors (Lipinski definition) is 2. The molecule has 3 fully saturated rings. The summed E-state index contributed by atoms with van der Waals surface area (Å²) >= 11 is 0. The molecule has 1 N–H and O–H groups in total. The SMILES string of the molecule is CCC1(CN2C(=O)C3(CCCC3)NC(=O)C2C)CCC1. The lowest BCUT2D eigenvalue weighted by Gasteiger charge is -2.50. The maximum absolute atomic E-state index is 13.0. The summed E-state index contributed by atoms with van der Waals surface area (Å²) in [6, 6.07) is -0.308. The van der Waals surface area contributed by atoms with E-state index in [0.29, 0.717) is 0 Å². The summed E-state index contributed by atoms with van der Waals surface area (Å²) in [5.41, 5.74) is -0.288. The van der Waals surface area contributed by atoms with E-state index in [9.17, 15) is 9.59 Å². The van der Waals surface area contributed by atoms with Crippen molar-refractivity contribution >= 4 is 11.8 Å². The third-order valence-corrected chi connectivity index (χ3v) is 6.01. The Kier molecular flexibility index (Phi) is 3.30. The van der Waals surface area contributed by atoms with E-state index in [-0.39, 0.29) is 23.3 Å². The van der Waals surface area contributed by atoms with Gasteiger partial charge >= 0.3 is 0 Å². The van der Waals surface area contributed by atoms with Gasteiger partial charge in [0.1, 0.15) is 11.6 Å². The molecule has 3 aliphatic rings. The predicted octanol–water partition coefficient (Wildman–Crippen LogP) is 2.23. The molecule has 0 aromatic heterocycles. The maximum atomic E-state index is 13.0. The minimum Gasteiger partial charge on any atom is -0.340 e. The van der Waals surface area contributed by atoms with Gasteiger partial charge in [0.05, 0.1) is 0 Å². The van der Waals surface area contributed by atoms with E-state index >= 15 is 0 Å². The molecule has 1 spiro atoms. The fourth-order valence-electron chi connectivity index (χ4n) is 4.17. The molecule has 20 heavy (non-hydrogen) atoms. The van der Waals surface area contributed by atoms with Crippen LogP contribution in [0, 0.1) is 5.41 Å². The van der Waals surface area contributed by atoms with Crippen LogP contribution in [0.3, 0.4) is 0 Å². The van der Waals surface area contributed by atoms with Crippen LogP contribution >= 0.6 is 0 Å². The van der Waals surface area contributed by atoms with Crippen LogP contribution in [0.4, 0.5) is 0 Å². The van der Waals surface area contributed by atoms with Crippen LogP contribution in [0.15, 0.2) is 0 Å². The molecule has 0 bridgehead atoms. The Morgan fingerprint density at radius 2 is 1.80 bits per heavy atom. The number of carbonyl (C=O) groups excluding carboxylic acids is 2. The maximum Gasteiger partial charge on any atom is 0.249 e. The van der Waals surface area contributed by atoms with Crippen molar-refractivity contribution in [1.29, 1.82) is 0 Å². The summed E-state index contributed by atoms with van der Waals surface area (Å²) in [5.74, 6) is 0.221. The van der Waals surface area contributed by atoms with Gasteiger partial charge in [0.25, 0.3) is 0 Å². The van der Waals surface area contributed by atoms with Gasteiger partial charge < -0.3 is 10.2 Å². The van der Waals surface area contributed by atoms with E-state index in [2.05, 4.69) is 12.2 Å². The van der Waals surface area contributed by atoms with Gasteiger partial charge in [0.2, 0.25) is 11.8 Å². The summed E-state index contributed by atoms with van der Waals surface area (Å²) in [6.45, 7) is 4.86. The first-order chi connectivity index (χ1) is 9.52. The third kappa shape index (κ3) is 1.95. The molecule has 1 heterocycles. The van der Waals surface area contributed by atoms with Gasteiger partial charge in [0, 0.05) is 6.54 Å². The van der Waals surface area contributed by atoms with Crippen LogP contribution in [-0.4, -0.2) is 34.8 Å². The number of carbonyl (C=O) groups is 2. The summed E-state index contributed by atoms with van der Waals surface area (Å²) in [6.07, 6.45) is 8.52. The first-order valence-corrected chi connectivity index (χ1v) is 8.15. The smallest absolute Gasteiger partial charge is 0.249 e. The van der Waals surface area contributed by atoms with E-state index in [1.165, 1.54) is 19.3 Å². The van der Waals surface area contributed by atoms with E-state index in [0.717, 1.165) is 38.6 Å². The zero-order chi connectivity index (χ0) is 14.4. The molecule has 3 rings (SSSR count). The Balaban J connectivity index is 1.83. The standard InChI is InChI=1S/C16H26N2O2/c1-3-15(7-6-8-15)11-18-12(2)13(19)17-16(14(18)20)9-4-5-10-16/h12H,3-11H2,1-2H3,(H,17,19). The van der Waals surface area contributed by atoms with Gasteiger partial charge in [-0.15, -0.1) is 0 Å². The lowest BCUT2D eigenvalue weighted by atomic mass is 9.66. The van der Waals surface area contributed by atoms with Crippen LogP contribution in [0.1, 0.15) is 65.2 Å². The molecule has 2 saturated carbocycles. The van der Waals surface area contributed by atoms with E-state index in [1.54, 1.807) is 0 Å². The topological polar surface area (TPSA) is 49.4 Å². The molecule has 4 nitrogen and oxygen atoms in total. The van der Waals surface area contributed by atoms with Crippen molar-refractivity contribution in [3.05, 3.63) is 0 Å². The van der Waals surface area contributed by atoms with Crippen LogP contribution in [-0.2, 0) is 9.59 Å². The first kappa shape index (κ1) is 13.9. The molecule has 0 radical (unpaired) electrons. The Labute approximate surface area is 121 Å². The highest BCUT2D eigenvalue weighted by Crippen LogP contribution is 2.46. The summed E-state index contributed by atoms with van der Waals surface area (Å²) in [4.78, 5) is 27.1. The minimum absolute atomic E-state index is 0.0390. The number of rotatable bonds is 3. The fourth-order valence-corrected chi connectivity index (χ4v) is 4.17. The minimum atomic E-state index is -0.567. The van der Waals surface area contributed by atoms with Crippen LogP contribution in [0.2, 0.25) is 0 Å². The van der Waals surface area contributed by atoms with Crippen molar-refractivity contribution in [2.24, 2.45) is 5.41 Å². The number of piperazine rings is 1. The highest BCUT2D eigenvalue weighted by Gasteiger charge is 2.52. The molecule has 2 amide bonds. The second kappa shape index (κ2) is 4.74. The Bertz CT molecular complexity index is 417. The average molecular weight is 278 g/mol. The zero-order valence-electron chi connectivity index (χ0n) is 12.7. The monoisotopic (exact) mass is 278 g/mol. The molecule has 2 aliphatic carbocycles. The predicted molar refractivity (Wildman–Crippen MR) is 77.1 cm³/mol. The lowest BCUT2D eigenvalue weighted by Crippen LogP contribution is -2.70. The second-order valence-electron chi connectivity index (χ2n) is 7.09. The first-order valence-electron chi connectivity index (χ1n) is 8.15. The van der Waals surface area contributed by atoms with Crippen molar-refractivity contribution < 1.29 is 9.59 Å². The Morgan fingerprint density at radius 3 is 2.30 bits per heavy atom. The summed E-state index contributed by atoms with van der Waals surface area (Å²) in [5, 5.41) is 3.03. The van der Waals surface area contributed by atoms with Gasteiger partial charge in [0.15, 0.2) is 0 Å². The average Bonchev–Trinajstić information content (AvgIpc) is 2.85. The number of amides is 2. The number of nitrogens with one attached hydrogen (secondary N) is 1. The quantitative estimate of drug-likeness (QED) is 0.860. The van der Waals surface area contributed by atoms with Crippen molar-refractivity contribution in [3.8, 4) is 0 Å². The fraction of sp³-hybridized carbons (Fsp3) is 0.875. The number of nitrogens with zero attached hydrogens (tertiary/aromatic N) is 1. The lowest BCUT2D eigenvalue weighted by molar-refractivity contribution is -0.157. The van der Waals surface area contributed by atoms with E-state index in [1.807, 2.05) is 11.8 Å². The molecule has 4 heteroatoms. The zero-order valence-corrected chi connectivity index (χ0v) is 12.7. The van der Waals surface area contributed by atoms with Gasteiger partial charge in [-0.2, -0.15) is 0 Å². The molecule has 1 aliphatic heterocycles. The van der Waals surface area contributed by atoms with Crippen LogP contribution in [0.5, 0.6) is 0 Å². The van der Waals surface area contributed by atoms with E-state index < -0.39 is 5.54 Å². The largest absolute Gasteiger partial charge is 0.340 e. The highest BCUT2D eigenvalue weighted by molar-refractivity contribution is 5.99. The molecule has 1 atom stereocenters. The Hall–Kier alpha value is -1.06. The molecular weight excluding hydrogens is 252 g/mol. The van der Waals surface area contributed by atoms with Gasteiger partial charge in [-0.05, 0) is 44.4 Å². The van der Waals surface area contributed by atoms with Crippen molar-refractivity contribution in [2.45, 2.75) is 76.8 Å². The molecule has 112 valence electrons. The van der Waals surface area contributed by atoms with Gasteiger partial charge in [-0.1, -0.05) is 26.2 Å². The summed E-state index contributed by atoms with van der Waals surface area (Å²) < 4.78 is 0. The number of hydrogen-bond donors (Lipinski definition) is 1. The van der Waals surface area contributed by atoms with Crippen LogP contribution < -0.4 is 5.32 Å². The molecule has 1 unspecified atom stereocenters. The van der Waals surface area contributed by atoms with Crippen LogP contribution in [0.25, 0.3) is 0 Å².